The number of hydrogen-bond acceptors (Lipinski definition) is 2. The highest BCUT2D eigenvalue weighted by molar-refractivity contribution is 5.16. The highest BCUT2D eigenvalue weighted by Crippen LogP contribution is 2.28. The van der Waals surface area contributed by atoms with Gasteiger partial charge >= 0.3 is 0 Å². The summed E-state index contributed by atoms with van der Waals surface area (Å²) in [6.45, 7) is 1.54. The largest absolute Gasteiger partial charge is 0.384 e. The summed E-state index contributed by atoms with van der Waals surface area (Å²) >= 11 is 0. The Morgan fingerprint density at radius 3 is 2.85 bits per heavy atom. The van der Waals surface area contributed by atoms with Gasteiger partial charge in [-0.1, -0.05) is 24.0 Å². The van der Waals surface area contributed by atoms with E-state index in [0.717, 1.165) is 19.3 Å². The van der Waals surface area contributed by atoms with E-state index in [1.54, 1.807) is 6.92 Å². The lowest BCUT2D eigenvalue weighted by Gasteiger charge is -2.29. The van der Waals surface area contributed by atoms with Gasteiger partial charge in [0.05, 0.1) is 0 Å². The van der Waals surface area contributed by atoms with Crippen LogP contribution in [0.1, 0.15) is 26.2 Å². The van der Waals surface area contributed by atoms with Gasteiger partial charge in [0.15, 0.2) is 0 Å². The first-order chi connectivity index (χ1) is 6.17. The van der Waals surface area contributed by atoms with Crippen molar-refractivity contribution in [2.24, 2.45) is 5.92 Å². The molecule has 1 aliphatic rings. The van der Waals surface area contributed by atoms with E-state index in [1.807, 2.05) is 0 Å². The number of aliphatic hydroxyl groups is 2. The van der Waals surface area contributed by atoms with Crippen LogP contribution in [0.15, 0.2) is 12.2 Å². The van der Waals surface area contributed by atoms with Crippen molar-refractivity contribution >= 4 is 0 Å². The molecule has 0 saturated heterocycles. The first-order valence-electron chi connectivity index (χ1n) is 4.65. The third kappa shape index (κ3) is 2.87. The molecule has 13 heavy (non-hydrogen) atoms. The van der Waals surface area contributed by atoms with Crippen LogP contribution >= 0.6 is 0 Å². The Morgan fingerprint density at radius 2 is 2.31 bits per heavy atom. The zero-order valence-corrected chi connectivity index (χ0v) is 7.95. The average molecular weight is 180 g/mol. The summed E-state index contributed by atoms with van der Waals surface area (Å²) < 4.78 is 0. The maximum Gasteiger partial charge on any atom is 0.125 e. The van der Waals surface area contributed by atoms with Crippen molar-refractivity contribution in [1.29, 1.82) is 0 Å². The molecule has 0 aromatic rings. The summed E-state index contributed by atoms with van der Waals surface area (Å²) in [6.07, 6.45) is 7.09. The van der Waals surface area contributed by atoms with Gasteiger partial charge in [-0.25, -0.2) is 0 Å². The summed E-state index contributed by atoms with van der Waals surface area (Å²) in [5.74, 6) is 5.42. The van der Waals surface area contributed by atoms with Crippen molar-refractivity contribution in [3.63, 3.8) is 0 Å². The van der Waals surface area contributed by atoms with Crippen molar-refractivity contribution in [2.75, 3.05) is 6.61 Å². The van der Waals surface area contributed by atoms with Gasteiger partial charge in [-0.3, -0.25) is 0 Å². The van der Waals surface area contributed by atoms with Gasteiger partial charge in [0, 0.05) is 5.92 Å². The van der Waals surface area contributed by atoms with E-state index in [-0.39, 0.29) is 12.5 Å². The Balaban J connectivity index is 2.62. The molecule has 0 aromatic carbocycles. The lowest BCUT2D eigenvalue weighted by Crippen LogP contribution is -2.33. The van der Waals surface area contributed by atoms with E-state index < -0.39 is 5.60 Å². The first-order valence-corrected chi connectivity index (χ1v) is 4.65. The molecule has 2 atom stereocenters. The number of rotatable bonds is 1. The van der Waals surface area contributed by atoms with E-state index in [4.69, 9.17) is 5.11 Å². The fraction of sp³-hybridized carbons (Fsp3) is 0.636. The third-order valence-electron chi connectivity index (χ3n) is 2.48. The molecule has 2 N–H and O–H groups in total. The Hall–Kier alpha value is -0.780. The van der Waals surface area contributed by atoms with E-state index in [2.05, 4.69) is 24.0 Å². The molecular weight excluding hydrogens is 164 g/mol. The lowest BCUT2D eigenvalue weighted by molar-refractivity contribution is 0.0510. The van der Waals surface area contributed by atoms with E-state index >= 15 is 0 Å². The molecule has 0 spiro atoms. The highest BCUT2D eigenvalue weighted by atomic mass is 16.3. The summed E-state index contributed by atoms with van der Waals surface area (Å²) in [7, 11) is 0. The van der Waals surface area contributed by atoms with Crippen LogP contribution in [0.5, 0.6) is 0 Å². The second kappa shape index (κ2) is 4.45. The third-order valence-corrected chi connectivity index (χ3v) is 2.48. The molecule has 0 amide bonds. The minimum absolute atomic E-state index is 0.182. The normalized spacial score (nSPS) is 25.9. The van der Waals surface area contributed by atoms with E-state index in [0.29, 0.717) is 0 Å². The number of allylic oxidation sites excluding steroid dienone is 2. The molecule has 1 rings (SSSR count). The second-order valence-electron chi connectivity index (χ2n) is 3.59. The fourth-order valence-electron chi connectivity index (χ4n) is 1.62. The van der Waals surface area contributed by atoms with Crippen LogP contribution in [-0.2, 0) is 0 Å². The Bertz CT molecular complexity index is 243. The molecule has 0 heterocycles. The van der Waals surface area contributed by atoms with Gasteiger partial charge in [0.1, 0.15) is 12.2 Å². The minimum atomic E-state index is -0.951. The van der Waals surface area contributed by atoms with Gasteiger partial charge in [0.25, 0.3) is 0 Å². The lowest BCUT2D eigenvalue weighted by atomic mass is 9.81. The minimum Gasteiger partial charge on any atom is -0.384 e. The first kappa shape index (κ1) is 10.3. The predicted octanol–water partition coefficient (Wildman–Crippen LogP) is 1.09. The molecule has 0 bridgehead atoms. The van der Waals surface area contributed by atoms with E-state index in [9.17, 15) is 5.11 Å². The Labute approximate surface area is 79.3 Å². The molecular formula is C11H16O2. The quantitative estimate of drug-likeness (QED) is 0.468. The van der Waals surface area contributed by atoms with Crippen LogP contribution in [0, 0.1) is 17.8 Å². The van der Waals surface area contributed by atoms with Crippen molar-refractivity contribution < 1.29 is 10.2 Å². The molecule has 0 aromatic heterocycles. The zero-order valence-electron chi connectivity index (χ0n) is 7.95. The van der Waals surface area contributed by atoms with Crippen molar-refractivity contribution in [2.45, 2.75) is 31.8 Å². The molecule has 2 nitrogen and oxygen atoms in total. The summed E-state index contributed by atoms with van der Waals surface area (Å²) in [5.41, 5.74) is -0.951. The van der Waals surface area contributed by atoms with Crippen LogP contribution < -0.4 is 0 Å². The second-order valence-corrected chi connectivity index (χ2v) is 3.59. The monoisotopic (exact) mass is 180 g/mol. The van der Waals surface area contributed by atoms with Crippen LogP contribution in [0.2, 0.25) is 0 Å². The maximum atomic E-state index is 9.95. The molecule has 0 fully saturated rings. The van der Waals surface area contributed by atoms with Crippen molar-refractivity contribution in [1.82, 2.24) is 0 Å². The van der Waals surface area contributed by atoms with Crippen molar-refractivity contribution in [3.05, 3.63) is 12.2 Å². The molecule has 0 radical (unpaired) electrons. The number of aliphatic hydroxyl groups excluding tert-OH is 1. The topological polar surface area (TPSA) is 40.5 Å². The fourth-order valence-corrected chi connectivity index (χ4v) is 1.62. The van der Waals surface area contributed by atoms with E-state index in [1.165, 1.54) is 0 Å². The van der Waals surface area contributed by atoms with Gasteiger partial charge in [-0.2, -0.15) is 0 Å². The molecule has 2 heteroatoms. The highest BCUT2D eigenvalue weighted by Gasteiger charge is 2.29. The van der Waals surface area contributed by atoms with Crippen molar-refractivity contribution in [3.8, 4) is 11.8 Å². The molecule has 1 aliphatic carbocycles. The van der Waals surface area contributed by atoms with Crippen LogP contribution in [0.3, 0.4) is 0 Å². The zero-order chi connectivity index (χ0) is 9.73. The summed E-state index contributed by atoms with van der Waals surface area (Å²) in [6, 6.07) is 0. The molecule has 0 aliphatic heterocycles. The summed E-state index contributed by atoms with van der Waals surface area (Å²) in [4.78, 5) is 0. The predicted molar refractivity (Wildman–Crippen MR) is 52.0 cm³/mol. The smallest absolute Gasteiger partial charge is 0.125 e. The van der Waals surface area contributed by atoms with Crippen LogP contribution in [0.25, 0.3) is 0 Å². The summed E-state index contributed by atoms with van der Waals surface area (Å²) in [5, 5.41) is 18.5. The number of hydrogen-bond donors (Lipinski definition) is 2. The molecule has 2 unspecified atom stereocenters. The van der Waals surface area contributed by atoms with Gasteiger partial charge in [-0.15, -0.1) is 0 Å². The average Bonchev–Trinajstić information content (AvgIpc) is 2.16. The van der Waals surface area contributed by atoms with Gasteiger partial charge < -0.3 is 10.2 Å². The molecule has 72 valence electrons. The van der Waals surface area contributed by atoms with Gasteiger partial charge in [-0.05, 0) is 26.2 Å². The Kier molecular flexibility index (Phi) is 3.53. The SMILES string of the molecule is CC(O)(C#CCO)C1CC=CCC1. The maximum absolute atomic E-state index is 9.95. The van der Waals surface area contributed by atoms with Crippen LogP contribution in [0.4, 0.5) is 0 Å². The Morgan fingerprint density at radius 1 is 1.54 bits per heavy atom. The standard InChI is InChI=1S/C11H16O2/c1-11(13,8-5-9-12)10-6-3-2-4-7-10/h2-3,10,12-13H,4,6-7,9H2,1H3. The molecule has 0 saturated carbocycles. The van der Waals surface area contributed by atoms with Gasteiger partial charge in [0.2, 0.25) is 0 Å². The van der Waals surface area contributed by atoms with Crippen LogP contribution in [-0.4, -0.2) is 22.4 Å².